The first kappa shape index (κ1) is 22.9. The van der Waals surface area contributed by atoms with Gasteiger partial charge in [-0.2, -0.15) is 0 Å². The van der Waals surface area contributed by atoms with Crippen LogP contribution < -0.4 is 11.1 Å². The highest BCUT2D eigenvalue weighted by molar-refractivity contribution is 9.10. The van der Waals surface area contributed by atoms with Crippen molar-refractivity contribution in [1.82, 2.24) is 15.3 Å². The van der Waals surface area contributed by atoms with Gasteiger partial charge in [0, 0.05) is 10.9 Å². The molecule has 2 atom stereocenters. The molecule has 172 valence electrons. The molecule has 2 aliphatic heterocycles. The Bertz CT molecular complexity index is 1030. The molecule has 0 radical (unpaired) electrons. The Balaban J connectivity index is 1.48. The van der Waals surface area contributed by atoms with Gasteiger partial charge in [-0.05, 0) is 51.3 Å². The zero-order valence-corrected chi connectivity index (χ0v) is 19.9. The van der Waals surface area contributed by atoms with Gasteiger partial charge in [0.15, 0.2) is 11.6 Å². The van der Waals surface area contributed by atoms with Crippen molar-refractivity contribution in [2.45, 2.75) is 58.0 Å². The van der Waals surface area contributed by atoms with E-state index in [1.54, 1.807) is 6.07 Å². The molecule has 3 N–H and O–H groups in total. The molecule has 2 aromatic rings. The number of ether oxygens (including phenoxy) is 2. The van der Waals surface area contributed by atoms with Gasteiger partial charge in [0.25, 0.3) is 0 Å². The number of amidine groups is 1. The largest absolute Gasteiger partial charge is 0.394 e. The molecule has 8 nitrogen and oxygen atoms in total. The van der Waals surface area contributed by atoms with E-state index in [0.717, 1.165) is 35.4 Å². The van der Waals surface area contributed by atoms with E-state index in [9.17, 15) is 4.39 Å². The molecule has 1 fully saturated rings. The third-order valence-corrected chi connectivity index (χ3v) is 6.14. The van der Waals surface area contributed by atoms with Crippen LogP contribution in [0.5, 0.6) is 0 Å². The summed E-state index contributed by atoms with van der Waals surface area (Å²) >= 11 is 3.45. The third-order valence-electron chi connectivity index (χ3n) is 5.45. The highest BCUT2D eigenvalue weighted by Crippen LogP contribution is 2.31. The van der Waals surface area contributed by atoms with Gasteiger partial charge < -0.3 is 25.4 Å². The topological polar surface area (TPSA) is 104 Å². The van der Waals surface area contributed by atoms with Gasteiger partial charge >= 0.3 is 0 Å². The molecule has 3 heterocycles. The van der Waals surface area contributed by atoms with Crippen molar-refractivity contribution in [3.8, 4) is 0 Å². The summed E-state index contributed by atoms with van der Waals surface area (Å²) < 4.78 is 25.6. The lowest BCUT2D eigenvalue weighted by Crippen LogP contribution is -2.38. The van der Waals surface area contributed by atoms with E-state index in [0.29, 0.717) is 29.9 Å². The number of aryl methyl sites for hydroxylation is 1. The number of aromatic nitrogens is 2. The summed E-state index contributed by atoms with van der Waals surface area (Å²) in [6, 6.07) is 4.43. The van der Waals surface area contributed by atoms with Crippen LogP contribution >= 0.6 is 15.9 Å². The summed E-state index contributed by atoms with van der Waals surface area (Å²) in [6.45, 7) is 6.70. The van der Waals surface area contributed by atoms with E-state index >= 15 is 0 Å². The minimum Gasteiger partial charge on any atom is -0.394 e. The van der Waals surface area contributed by atoms with Crippen molar-refractivity contribution in [3.63, 3.8) is 0 Å². The first-order chi connectivity index (χ1) is 15.2. The molecule has 0 aliphatic carbocycles. The lowest BCUT2D eigenvalue weighted by molar-refractivity contribution is -0.139. The van der Waals surface area contributed by atoms with Crippen LogP contribution in [0.15, 0.2) is 27.8 Å². The van der Waals surface area contributed by atoms with Gasteiger partial charge in [0.2, 0.25) is 5.95 Å². The van der Waals surface area contributed by atoms with Crippen LogP contribution in [-0.2, 0) is 20.7 Å². The summed E-state index contributed by atoms with van der Waals surface area (Å²) in [6.07, 6.45) is 2.22. The predicted octanol–water partition coefficient (Wildman–Crippen LogP) is 3.77. The number of oxime groups is 1. The Labute approximate surface area is 194 Å². The Hall–Kier alpha value is -2.30. The van der Waals surface area contributed by atoms with Crippen molar-refractivity contribution in [2.24, 2.45) is 5.16 Å². The number of nitrogens with zero attached hydrogens (tertiary/aromatic N) is 3. The molecule has 1 saturated heterocycles. The van der Waals surface area contributed by atoms with E-state index in [1.165, 1.54) is 12.1 Å². The lowest BCUT2D eigenvalue weighted by Gasteiger charge is -2.29. The average Bonchev–Trinajstić information content (AvgIpc) is 3.05. The molecular weight excluding hydrogens is 481 g/mol. The highest BCUT2D eigenvalue weighted by atomic mass is 79.9. The number of hydrogen-bond donors (Lipinski definition) is 2. The minimum absolute atomic E-state index is 0.0635. The van der Waals surface area contributed by atoms with Crippen LogP contribution in [0.2, 0.25) is 0 Å². The molecule has 1 aromatic heterocycles. The first-order valence-electron chi connectivity index (χ1n) is 10.6. The zero-order chi connectivity index (χ0) is 22.9. The second kappa shape index (κ2) is 9.29. The Kier molecular flexibility index (Phi) is 6.64. The van der Waals surface area contributed by atoms with Crippen LogP contribution in [-0.4, -0.2) is 40.9 Å². The molecule has 32 heavy (non-hydrogen) atoms. The van der Waals surface area contributed by atoms with Gasteiger partial charge in [-0.1, -0.05) is 27.2 Å². The SMILES string of the molecule is Cc1nc(N)nc2c1/C(=N/OCCC[C@H]1COC(C)(C)O1)N[C@@H](c1ccc(F)cc1Br)C2. The maximum absolute atomic E-state index is 13.6. The molecular formula is C22H27BrFN5O3. The summed E-state index contributed by atoms with van der Waals surface area (Å²) in [5, 5.41) is 7.75. The monoisotopic (exact) mass is 507 g/mol. The van der Waals surface area contributed by atoms with Crippen molar-refractivity contribution in [1.29, 1.82) is 0 Å². The van der Waals surface area contributed by atoms with E-state index in [4.69, 9.17) is 20.0 Å². The number of nitrogens with two attached hydrogens (primary N) is 1. The molecule has 10 heteroatoms. The fraction of sp³-hybridized carbons (Fsp3) is 0.500. The van der Waals surface area contributed by atoms with Crippen molar-refractivity contribution < 1.29 is 18.7 Å². The quantitative estimate of drug-likeness (QED) is 0.452. The molecule has 1 aromatic carbocycles. The van der Waals surface area contributed by atoms with Crippen molar-refractivity contribution in [3.05, 3.63) is 51.0 Å². The highest BCUT2D eigenvalue weighted by Gasteiger charge is 2.32. The second-order valence-electron chi connectivity index (χ2n) is 8.42. The van der Waals surface area contributed by atoms with Crippen LogP contribution in [0, 0.1) is 12.7 Å². The van der Waals surface area contributed by atoms with Crippen LogP contribution in [0.3, 0.4) is 0 Å². The summed E-state index contributed by atoms with van der Waals surface area (Å²) in [5.74, 6) is -0.0880. The second-order valence-corrected chi connectivity index (χ2v) is 9.28. The van der Waals surface area contributed by atoms with Crippen molar-refractivity contribution >= 4 is 27.7 Å². The first-order valence-corrected chi connectivity index (χ1v) is 11.4. The molecule has 4 rings (SSSR count). The minimum atomic E-state index is -0.523. The van der Waals surface area contributed by atoms with Gasteiger partial charge in [0.05, 0.1) is 35.7 Å². The Morgan fingerprint density at radius 3 is 2.91 bits per heavy atom. The molecule has 0 saturated carbocycles. The van der Waals surface area contributed by atoms with Gasteiger partial charge in [0.1, 0.15) is 12.4 Å². The Morgan fingerprint density at radius 1 is 1.38 bits per heavy atom. The van der Waals surface area contributed by atoms with Crippen LogP contribution in [0.1, 0.15) is 55.2 Å². The maximum Gasteiger partial charge on any atom is 0.220 e. The maximum atomic E-state index is 13.6. The number of rotatable bonds is 6. The lowest BCUT2D eigenvalue weighted by atomic mass is 9.94. The van der Waals surface area contributed by atoms with Gasteiger partial charge in [-0.25, -0.2) is 14.4 Å². The smallest absolute Gasteiger partial charge is 0.220 e. The third kappa shape index (κ3) is 5.19. The van der Waals surface area contributed by atoms with Gasteiger partial charge in [-0.3, -0.25) is 0 Å². The van der Waals surface area contributed by atoms with Crippen LogP contribution in [0.25, 0.3) is 0 Å². The number of hydrogen-bond acceptors (Lipinski definition) is 7. The number of nitrogens with one attached hydrogen (secondary N) is 1. The number of anilines is 1. The summed E-state index contributed by atoms with van der Waals surface area (Å²) in [5.41, 5.74) is 9.05. The fourth-order valence-corrected chi connectivity index (χ4v) is 4.66. The van der Waals surface area contributed by atoms with Gasteiger partial charge in [-0.15, -0.1) is 0 Å². The molecule has 2 aliphatic rings. The van der Waals surface area contributed by atoms with E-state index < -0.39 is 5.79 Å². The van der Waals surface area contributed by atoms with Crippen molar-refractivity contribution in [2.75, 3.05) is 18.9 Å². The number of nitrogen functional groups attached to an aromatic ring is 1. The zero-order valence-electron chi connectivity index (χ0n) is 18.3. The molecule has 0 amide bonds. The Morgan fingerprint density at radius 2 is 2.19 bits per heavy atom. The van der Waals surface area contributed by atoms with E-state index in [2.05, 4.69) is 36.4 Å². The number of benzene rings is 1. The number of halogens is 2. The standard InChI is InChI=1S/C22H27BrFN5O3/c1-12-19-18(28-21(25)26-12)10-17(15-7-6-13(24)9-16(15)23)27-20(19)29-31-8-4-5-14-11-30-22(2,3)32-14/h6-7,9,14,17H,4-5,8,10-11H2,1-3H3,(H,27,29)(H2,25,26,28)/t14-,17+/m0/s1. The summed E-state index contributed by atoms with van der Waals surface area (Å²) in [4.78, 5) is 14.3. The van der Waals surface area contributed by atoms with E-state index in [1.807, 2.05) is 20.8 Å². The summed E-state index contributed by atoms with van der Waals surface area (Å²) in [7, 11) is 0. The fourth-order valence-electron chi connectivity index (χ4n) is 4.03. The molecule has 0 spiro atoms. The molecule has 0 unspecified atom stereocenters. The van der Waals surface area contributed by atoms with Crippen LogP contribution in [0.4, 0.5) is 10.3 Å². The molecule has 0 bridgehead atoms. The average molecular weight is 508 g/mol. The predicted molar refractivity (Wildman–Crippen MR) is 121 cm³/mol. The normalized spacial score (nSPS) is 23.1. The number of fused-ring (bicyclic) bond motifs is 1. The van der Waals surface area contributed by atoms with E-state index in [-0.39, 0.29) is 23.9 Å².